The third-order valence-electron chi connectivity index (χ3n) is 4.12. The second-order valence-corrected chi connectivity index (χ2v) is 5.26. The highest BCUT2D eigenvalue weighted by molar-refractivity contribution is 5.80. The molecule has 0 amide bonds. The van der Waals surface area contributed by atoms with Gasteiger partial charge >= 0.3 is 5.97 Å². The van der Waals surface area contributed by atoms with E-state index in [0.29, 0.717) is 5.92 Å². The summed E-state index contributed by atoms with van der Waals surface area (Å²) in [6.45, 7) is 4.55. The number of nitrogens with one attached hydrogen (secondary N) is 1. The van der Waals surface area contributed by atoms with Gasteiger partial charge in [0.05, 0.1) is 7.11 Å². The predicted molar refractivity (Wildman–Crippen MR) is 65.2 cm³/mol. The predicted octanol–water partition coefficient (Wildman–Crippen LogP) is 2.35. The van der Waals surface area contributed by atoms with Crippen molar-refractivity contribution in [1.29, 1.82) is 0 Å². The Kier molecular flexibility index (Phi) is 4.78. The first-order chi connectivity index (χ1) is 7.55. The number of likely N-dealkylation sites (N-methyl/N-ethyl adjacent to an activating group) is 1. The summed E-state index contributed by atoms with van der Waals surface area (Å²) in [5.74, 6) is 1.37. The fourth-order valence-corrected chi connectivity index (χ4v) is 2.79. The molecule has 16 heavy (non-hydrogen) atoms. The van der Waals surface area contributed by atoms with Crippen molar-refractivity contribution >= 4 is 5.97 Å². The summed E-state index contributed by atoms with van der Waals surface area (Å²) in [7, 11) is 3.35. The fourth-order valence-electron chi connectivity index (χ4n) is 2.79. The van der Waals surface area contributed by atoms with Gasteiger partial charge in [-0.05, 0) is 38.1 Å². The van der Waals surface area contributed by atoms with Gasteiger partial charge in [-0.2, -0.15) is 0 Å². The number of ether oxygens (including phenoxy) is 1. The van der Waals surface area contributed by atoms with Crippen LogP contribution < -0.4 is 5.32 Å². The van der Waals surface area contributed by atoms with Gasteiger partial charge in [0.2, 0.25) is 0 Å². The van der Waals surface area contributed by atoms with Crippen LogP contribution in [0.25, 0.3) is 0 Å². The second-order valence-electron chi connectivity index (χ2n) is 5.26. The van der Waals surface area contributed by atoms with E-state index in [1.54, 1.807) is 0 Å². The molecule has 0 aliphatic heterocycles. The van der Waals surface area contributed by atoms with Crippen LogP contribution in [0.1, 0.15) is 46.0 Å². The zero-order valence-electron chi connectivity index (χ0n) is 11.0. The highest BCUT2D eigenvalue weighted by Gasteiger charge is 2.39. The number of methoxy groups -OCH3 is 1. The van der Waals surface area contributed by atoms with E-state index in [-0.39, 0.29) is 5.97 Å². The van der Waals surface area contributed by atoms with E-state index in [0.717, 1.165) is 31.6 Å². The van der Waals surface area contributed by atoms with Crippen LogP contribution in [-0.2, 0) is 9.53 Å². The van der Waals surface area contributed by atoms with Crippen LogP contribution in [0, 0.1) is 11.8 Å². The number of carbonyl (C=O) groups is 1. The number of esters is 1. The van der Waals surface area contributed by atoms with E-state index >= 15 is 0 Å². The molecule has 0 aromatic rings. The SMILES string of the molecule is CNC1(C(=O)OC)CCCC(C(C)C)CC1. The van der Waals surface area contributed by atoms with E-state index in [4.69, 9.17) is 4.74 Å². The van der Waals surface area contributed by atoms with E-state index in [2.05, 4.69) is 19.2 Å². The molecule has 1 N–H and O–H groups in total. The average Bonchev–Trinajstić information content (AvgIpc) is 2.51. The first-order valence-corrected chi connectivity index (χ1v) is 6.33. The summed E-state index contributed by atoms with van der Waals surface area (Å²) in [4.78, 5) is 11.9. The molecular formula is C13H25NO2. The Morgan fingerprint density at radius 1 is 1.38 bits per heavy atom. The van der Waals surface area contributed by atoms with Gasteiger partial charge in [0, 0.05) is 0 Å². The molecule has 2 atom stereocenters. The summed E-state index contributed by atoms with van der Waals surface area (Å²) < 4.78 is 4.93. The standard InChI is InChI=1S/C13H25NO2/c1-10(2)11-6-5-8-13(14-3,9-7-11)12(15)16-4/h10-11,14H,5-9H2,1-4H3. The highest BCUT2D eigenvalue weighted by Crippen LogP contribution is 2.34. The zero-order valence-corrected chi connectivity index (χ0v) is 11.0. The Balaban J connectivity index is 2.72. The van der Waals surface area contributed by atoms with Crippen molar-refractivity contribution in [3.8, 4) is 0 Å². The van der Waals surface area contributed by atoms with Crippen LogP contribution >= 0.6 is 0 Å². The minimum Gasteiger partial charge on any atom is -0.468 e. The lowest BCUT2D eigenvalue weighted by atomic mass is 9.86. The van der Waals surface area contributed by atoms with Gasteiger partial charge in [0.15, 0.2) is 0 Å². The Hall–Kier alpha value is -0.570. The van der Waals surface area contributed by atoms with Gasteiger partial charge in [0.25, 0.3) is 0 Å². The second kappa shape index (κ2) is 5.67. The molecular weight excluding hydrogens is 202 g/mol. The minimum atomic E-state index is -0.432. The molecule has 0 aromatic carbocycles. The molecule has 94 valence electrons. The van der Waals surface area contributed by atoms with Crippen LogP contribution in [0.15, 0.2) is 0 Å². The molecule has 1 fully saturated rings. The fraction of sp³-hybridized carbons (Fsp3) is 0.923. The maximum atomic E-state index is 11.9. The topological polar surface area (TPSA) is 38.3 Å². The lowest BCUT2D eigenvalue weighted by Crippen LogP contribution is -2.50. The summed E-state index contributed by atoms with van der Waals surface area (Å²) in [6.07, 6.45) is 5.27. The number of rotatable bonds is 3. The molecule has 1 rings (SSSR count). The molecule has 1 aliphatic rings. The molecule has 3 nitrogen and oxygen atoms in total. The van der Waals surface area contributed by atoms with Crippen molar-refractivity contribution in [3.05, 3.63) is 0 Å². The van der Waals surface area contributed by atoms with Crippen molar-refractivity contribution in [1.82, 2.24) is 5.32 Å². The molecule has 0 radical (unpaired) electrons. The lowest BCUT2D eigenvalue weighted by Gasteiger charge is -2.29. The highest BCUT2D eigenvalue weighted by atomic mass is 16.5. The Labute approximate surface area is 98.9 Å². The molecule has 0 bridgehead atoms. The molecule has 0 heterocycles. The Morgan fingerprint density at radius 3 is 2.56 bits per heavy atom. The molecule has 0 spiro atoms. The summed E-state index contributed by atoms with van der Waals surface area (Å²) in [5.41, 5.74) is -0.432. The van der Waals surface area contributed by atoms with Gasteiger partial charge in [-0.15, -0.1) is 0 Å². The molecule has 3 heteroatoms. The van der Waals surface area contributed by atoms with Gasteiger partial charge in [-0.25, -0.2) is 0 Å². The summed E-state index contributed by atoms with van der Waals surface area (Å²) in [5, 5.41) is 3.19. The number of carbonyl (C=O) groups excluding carboxylic acids is 1. The maximum Gasteiger partial charge on any atom is 0.326 e. The van der Waals surface area contributed by atoms with E-state index < -0.39 is 5.54 Å². The summed E-state index contributed by atoms with van der Waals surface area (Å²) in [6, 6.07) is 0. The first kappa shape index (κ1) is 13.5. The van der Waals surface area contributed by atoms with Crippen LogP contribution in [-0.4, -0.2) is 25.7 Å². The first-order valence-electron chi connectivity index (χ1n) is 6.33. The van der Waals surface area contributed by atoms with Gasteiger partial charge in [-0.1, -0.05) is 26.7 Å². The van der Waals surface area contributed by atoms with Gasteiger partial charge in [0.1, 0.15) is 5.54 Å². The quantitative estimate of drug-likeness (QED) is 0.594. The number of hydrogen-bond donors (Lipinski definition) is 1. The third kappa shape index (κ3) is 2.76. The van der Waals surface area contributed by atoms with Gasteiger partial charge in [-0.3, -0.25) is 4.79 Å². The number of hydrogen-bond acceptors (Lipinski definition) is 3. The lowest BCUT2D eigenvalue weighted by molar-refractivity contribution is -0.149. The smallest absolute Gasteiger partial charge is 0.326 e. The van der Waals surface area contributed by atoms with Crippen LogP contribution in [0.5, 0.6) is 0 Å². The van der Waals surface area contributed by atoms with E-state index in [1.807, 2.05) is 7.05 Å². The normalized spacial score (nSPS) is 31.2. The minimum absolute atomic E-state index is 0.0978. The Morgan fingerprint density at radius 2 is 2.06 bits per heavy atom. The Bertz CT molecular complexity index is 240. The largest absolute Gasteiger partial charge is 0.468 e. The van der Waals surface area contributed by atoms with Crippen molar-refractivity contribution in [3.63, 3.8) is 0 Å². The molecule has 0 aromatic heterocycles. The van der Waals surface area contributed by atoms with E-state index in [9.17, 15) is 4.79 Å². The van der Waals surface area contributed by atoms with Gasteiger partial charge < -0.3 is 10.1 Å². The van der Waals surface area contributed by atoms with Crippen molar-refractivity contribution < 1.29 is 9.53 Å². The molecule has 2 unspecified atom stereocenters. The molecule has 1 aliphatic carbocycles. The van der Waals surface area contributed by atoms with Crippen molar-refractivity contribution in [2.45, 2.75) is 51.5 Å². The average molecular weight is 227 g/mol. The zero-order chi connectivity index (χ0) is 12.2. The van der Waals surface area contributed by atoms with Crippen LogP contribution in [0.2, 0.25) is 0 Å². The van der Waals surface area contributed by atoms with Crippen LogP contribution in [0.4, 0.5) is 0 Å². The van der Waals surface area contributed by atoms with E-state index in [1.165, 1.54) is 13.5 Å². The molecule has 1 saturated carbocycles. The van der Waals surface area contributed by atoms with Crippen molar-refractivity contribution in [2.24, 2.45) is 11.8 Å². The van der Waals surface area contributed by atoms with Crippen molar-refractivity contribution in [2.75, 3.05) is 14.2 Å². The van der Waals surface area contributed by atoms with Crippen LogP contribution in [0.3, 0.4) is 0 Å². The summed E-state index contributed by atoms with van der Waals surface area (Å²) >= 11 is 0. The monoisotopic (exact) mass is 227 g/mol. The third-order valence-corrected chi connectivity index (χ3v) is 4.12. The molecule has 0 saturated heterocycles. The maximum absolute atomic E-state index is 11.9.